The first-order valence-corrected chi connectivity index (χ1v) is 6.30. The molecule has 1 aliphatic rings. The Morgan fingerprint density at radius 1 is 1.53 bits per heavy atom. The maximum absolute atomic E-state index is 11.2. The molecule has 1 atom stereocenters. The minimum Gasteiger partial charge on any atom is -0.497 e. The molecule has 19 heavy (non-hydrogen) atoms. The lowest BCUT2D eigenvalue weighted by Gasteiger charge is -2.31. The van der Waals surface area contributed by atoms with Gasteiger partial charge in [0.2, 0.25) is 0 Å². The molecular formula is C14H16N2O3. The Labute approximate surface area is 110 Å². The molecule has 1 amide bonds. The van der Waals surface area contributed by atoms with Crippen molar-refractivity contribution in [1.82, 2.24) is 9.88 Å². The molecule has 0 fully saturated rings. The normalized spacial score (nSPS) is 18.4. The Morgan fingerprint density at radius 3 is 3.00 bits per heavy atom. The van der Waals surface area contributed by atoms with Gasteiger partial charge < -0.3 is 14.8 Å². The number of ether oxygens (including phenoxy) is 1. The number of aromatic nitrogens is 1. The monoisotopic (exact) mass is 260 g/mol. The van der Waals surface area contributed by atoms with E-state index < -0.39 is 6.09 Å². The summed E-state index contributed by atoms with van der Waals surface area (Å²) in [4.78, 5) is 16.0. The summed E-state index contributed by atoms with van der Waals surface area (Å²) < 4.78 is 5.22. The van der Waals surface area contributed by atoms with E-state index in [4.69, 9.17) is 4.74 Å². The van der Waals surface area contributed by atoms with Crippen molar-refractivity contribution < 1.29 is 14.6 Å². The van der Waals surface area contributed by atoms with Crippen LogP contribution in [0.3, 0.4) is 0 Å². The number of amides is 1. The highest BCUT2D eigenvalue weighted by Gasteiger charge is 2.30. The Bertz CT molecular complexity index is 647. The predicted octanol–water partition coefficient (Wildman–Crippen LogP) is 2.77. The number of aromatic amines is 1. The summed E-state index contributed by atoms with van der Waals surface area (Å²) in [6.07, 6.45) is -0.118. The van der Waals surface area contributed by atoms with Gasteiger partial charge in [-0.15, -0.1) is 0 Å². The van der Waals surface area contributed by atoms with Crippen molar-refractivity contribution in [2.75, 3.05) is 13.7 Å². The Morgan fingerprint density at radius 2 is 2.32 bits per heavy atom. The van der Waals surface area contributed by atoms with E-state index in [0.29, 0.717) is 6.54 Å². The van der Waals surface area contributed by atoms with Crippen molar-refractivity contribution >= 4 is 17.0 Å². The van der Waals surface area contributed by atoms with Crippen molar-refractivity contribution in [3.8, 4) is 5.75 Å². The van der Waals surface area contributed by atoms with Gasteiger partial charge in [0.05, 0.1) is 13.2 Å². The van der Waals surface area contributed by atoms with E-state index >= 15 is 0 Å². The number of carbonyl (C=O) groups is 1. The number of benzene rings is 1. The van der Waals surface area contributed by atoms with E-state index in [9.17, 15) is 9.90 Å². The van der Waals surface area contributed by atoms with Crippen LogP contribution in [0.4, 0.5) is 4.79 Å². The van der Waals surface area contributed by atoms with Crippen molar-refractivity contribution in [2.45, 2.75) is 19.4 Å². The molecule has 100 valence electrons. The van der Waals surface area contributed by atoms with Gasteiger partial charge in [-0.3, -0.25) is 4.90 Å². The van der Waals surface area contributed by atoms with Gasteiger partial charge >= 0.3 is 6.09 Å². The van der Waals surface area contributed by atoms with Crippen LogP contribution in [0.1, 0.15) is 24.2 Å². The summed E-state index contributed by atoms with van der Waals surface area (Å²) in [5.74, 6) is 0.800. The fourth-order valence-electron chi connectivity index (χ4n) is 2.85. The molecule has 2 heterocycles. The lowest BCUT2D eigenvalue weighted by molar-refractivity contribution is 0.123. The summed E-state index contributed by atoms with van der Waals surface area (Å²) in [6, 6.07) is 5.78. The van der Waals surface area contributed by atoms with Crippen LogP contribution < -0.4 is 4.74 Å². The number of carboxylic acid groups (broad SMARTS) is 1. The third kappa shape index (κ3) is 1.73. The first kappa shape index (κ1) is 11.9. The second kappa shape index (κ2) is 4.19. The lowest BCUT2D eigenvalue weighted by Crippen LogP contribution is -2.37. The Kier molecular flexibility index (Phi) is 2.62. The first-order chi connectivity index (χ1) is 9.11. The Hall–Kier alpha value is -2.17. The van der Waals surface area contributed by atoms with Gasteiger partial charge in [-0.2, -0.15) is 0 Å². The van der Waals surface area contributed by atoms with Crippen molar-refractivity contribution in [3.63, 3.8) is 0 Å². The number of nitrogens with zero attached hydrogens (tertiary/aromatic N) is 1. The smallest absolute Gasteiger partial charge is 0.407 e. The molecule has 0 saturated carbocycles. The average molecular weight is 260 g/mol. The fourth-order valence-corrected chi connectivity index (χ4v) is 2.85. The second-order valence-corrected chi connectivity index (χ2v) is 4.83. The SMILES string of the molecule is COc1ccc2c3c([nH]c2c1)C(C)N(C(=O)O)CC3. The van der Waals surface area contributed by atoms with Gasteiger partial charge in [0, 0.05) is 29.2 Å². The van der Waals surface area contributed by atoms with Gasteiger partial charge in [0.15, 0.2) is 0 Å². The van der Waals surface area contributed by atoms with Crippen LogP contribution in [0.5, 0.6) is 5.75 Å². The van der Waals surface area contributed by atoms with Crippen LogP contribution in [0, 0.1) is 0 Å². The maximum atomic E-state index is 11.2. The molecule has 1 aromatic carbocycles. The number of methoxy groups -OCH3 is 1. The highest BCUT2D eigenvalue weighted by atomic mass is 16.5. The molecule has 0 bridgehead atoms. The van der Waals surface area contributed by atoms with E-state index in [1.807, 2.05) is 25.1 Å². The highest BCUT2D eigenvalue weighted by molar-refractivity contribution is 5.86. The molecule has 5 heteroatoms. The van der Waals surface area contributed by atoms with Crippen LogP contribution in [-0.4, -0.2) is 34.7 Å². The molecular weight excluding hydrogens is 244 g/mol. The molecule has 0 saturated heterocycles. The summed E-state index contributed by atoms with van der Waals surface area (Å²) in [5.41, 5.74) is 3.22. The van der Waals surface area contributed by atoms with Crippen LogP contribution in [0.15, 0.2) is 18.2 Å². The zero-order chi connectivity index (χ0) is 13.6. The predicted molar refractivity (Wildman–Crippen MR) is 71.7 cm³/mol. The van der Waals surface area contributed by atoms with Gasteiger partial charge in [-0.25, -0.2) is 4.79 Å². The van der Waals surface area contributed by atoms with E-state index in [0.717, 1.165) is 28.8 Å². The molecule has 3 rings (SSSR count). The van der Waals surface area contributed by atoms with E-state index in [2.05, 4.69) is 4.98 Å². The van der Waals surface area contributed by atoms with E-state index in [1.54, 1.807) is 7.11 Å². The van der Waals surface area contributed by atoms with Crippen molar-refractivity contribution in [3.05, 3.63) is 29.5 Å². The van der Waals surface area contributed by atoms with Crippen molar-refractivity contribution in [1.29, 1.82) is 0 Å². The molecule has 1 unspecified atom stereocenters. The second-order valence-electron chi connectivity index (χ2n) is 4.83. The zero-order valence-corrected chi connectivity index (χ0v) is 10.9. The molecule has 1 aromatic heterocycles. The topological polar surface area (TPSA) is 65.6 Å². The van der Waals surface area contributed by atoms with E-state index in [-0.39, 0.29) is 6.04 Å². The largest absolute Gasteiger partial charge is 0.497 e. The third-order valence-corrected chi connectivity index (χ3v) is 3.88. The number of nitrogens with one attached hydrogen (secondary N) is 1. The number of fused-ring (bicyclic) bond motifs is 3. The highest BCUT2D eigenvalue weighted by Crippen LogP contribution is 2.35. The van der Waals surface area contributed by atoms with Crippen LogP contribution in [-0.2, 0) is 6.42 Å². The third-order valence-electron chi connectivity index (χ3n) is 3.88. The molecule has 0 aliphatic carbocycles. The summed E-state index contributed by atoms with van der Waals surface area (Å²) in [7, 11) is 1.64. The minimum absolute atomic E-state index is 0.139. The summed E-state index contributed by atoms with van der Waals surface area (Å²) in [5, 5.41) is 10.3. The van der Waals surface area contributed by atoms with E-state index in [1.165, 1.54) is 10.5 Å². The summed E-state index contributed by atoms with van der Waals surface area (Å²) >= 11 is 0. The number of hydrogen-bond donors (Lipinski definition) is 2. The first-order valence-electron chi connectivity index (χ1n) is 6.30. The number of hydrogen-bond acceptors (Lipinski definition) is 2. The molecule has 2 aromatic rings. The standard InChI is InChI=1S/C14H16N2O3/c1-8-13-11(5-6-16(8)14(17)18)10-4-3-9(19-2)7-12(10)15-13/h3-4,7-8,15H,5-6H2,1-2H3,(H,17,18). The fraction of sp³-hybridized carbons (Fsp3) is 0.357. The zero-order valence-electron chi connectivity index (χ0n) is 10.9. The Balaban J connectivity index is 2.12. The van der Waals surface area contributed by atoms with Gasteiger partial charge in [-0.05, 0) is 31.0 Å². The molecule has 2 N–H and O–H groups in total. The van der Waals surface area contributed by atoms with Gasteiger partial charge in [-0.1, -0.05) is 0 Å². The minimum atomic E-state index is -0.866. The van der Waals surface area contributed by atoms with Crippen LogP contribution in [0.2, 0.25) is 0 Å². The van der Waals surface area contributed by atoms with Gasteiger partial charge in [0.25, 0.3) is 0 Å². The number of H-pyrrole nitrogens is 1. The molecule has 0 radical (unpaired) electrons. The quantitative estimate of drug-likeness (QED) is 0.828. The van der Waals surface area contributed by atoms with Crippen LogP contribution in [0.25, 0.3) is 10.9 Å². The maximum Gasteiger partial charge on any atom is 0.407 e. The summed E-state index contributed by atoms with van der Waals surface area (Å²) in [6.45, 7) is 2.46. The van der Waals surface area contributed by atoms with Crippen molar-refractivity contribution in [2.24, 2.45) is 0 Å². The van der Waals surface area contributed by atoms with Gasteiger partial charge in [0.1, 0.15) is 5.75 Å². The molecule has 5 nitrogen and oxygen atoms in total. The van der Waals surface area contributed by atoms with Crippen LogP contribution >= 0.6 is 0 Å². The number of rotatable bonds is 1. The lowest BCUT2D eigenvalue weighted by atomic mass is 9.99. The molecule has 0 spiro atoms. The average Bonchev–Trinajstić information content (AvgIpc) is 2.77. The molecule has 1 aliphatic heterocycles.